The van der Waals surface area contributed by atoms with E-state index >= 15 is 0 Å². The molecule has 0 fully saturated rings. The number of nitrogens with one attached hydrogen (secondary N) is 1. The van der Waals surface area contributed by atoms with E-state index < -0.39 is 10.8 Å². The number of thiophene rings is 1. The molecule has 5 nitrogen and oxygen atoms in total. The summed E-state index contributed by atoms with van der Waals surface area (Å²) >= 11 is 1.58. The lowest BCUT2D eigenvalue weighted by molar-refractivity contribution is -0.118. The fourth-order valence-corrected chi connectivity index (χ4v) is 3.11. The van der Waals surface area contributed by atoms with Gasteiger partial charge in [0.1, 0.15) is 11.5 Å². The van der Waals surface area contributed by atoms with Crippen LogP contribution >= 0.6 is 11.3 Å². The van der Waals surface area contributed by atoms with Crippen molar-refractivity contribution in [2.75, 3.05) is 5.75 Å². The lowest BCUT2D eigenvalue weighted by atomic mass is 10.4. The highest BCUT2D eigenvalue weighted by atomic mass is 32.2. The van der Waals surface area contributed by atoms with E-state index in [1.54, 1.807) is 24.3 Å². The molecule has 0 bridgehead atoms. The molecule has 2 aromatic rings. The second kappa shape index (κ2) is 6.63. The standard InChI is InChI=1S/C12H14N2O3S2/c1-9-5-10(14-17-9)7-19(16)8-12(15)13-6-11-3-2-4-18-11/h2-5H,6-8H2,1H3,(H,13,15)/t19-/m1/s1. The van der Waals surface area contributed by atoms with Gasteiger partial charge >= 0.3 is 0 Å². The van der Waals surface area contributed by atoms with Crippen LogP contribution in [-0.4, -0.2) is 21.0 Å². The Bertz CT molecular complexity index is 563. The highest BCUT2D eigenvalue weighted by molar-refractivity contribution is 7.84. The number of hydrogen-bond acceptors (Lipinski definition) is 5. The van der Waals surface area contributed by atoms with Gasteiger partial charge in [0.2, 0.25) is 5.91 Å². The number of nitrogens with zero attached hydrogens (tertiary/aromatic N) is 1. The molecule has 0 aliphatic heterocycles. The molecule has 0 aromatic carbocycles. The van der Waals surface area contributed by atoms with Gasteiger partial charge in [0, 0.05) is 21.7 Å². The van der Waals surface area contributed by atoms with Crippen LogP contribution in [-0.2, 0) is 27.9 Å². The molecule has 0 aliphatic rings. The maximum atomic E-state index is 11.8. The summed E-state index contributed by atoms with van der Waals surface area (Å²) in [5.74, 6) is 0.683. The van der Waals surface area contributed by atoms with Gasteiger partial charge in [-0.1, -0.05) is 11.2 Å². The lowest BCUT2D eigenvalue weighted by Crippen LogP contribution is -2.27. The summed E-state index contributed by atoms with van der Waals surface area (Å²) in [4.78, 5) is 12.7. The van der Waals surface area contributed by atoms with Crippen molar-refractivity contribution in [2.45, 2.75) is 19.2 Å². The number of amides is 1. The molecule has 102 valence electrons. The Kier molecular flexibility index (Phi) is 4.86. The Morgan fingerprint density at radius 2 is 2.42 bits per heavy atom. The SMILES string of the molecule is Cc1cc(C[S@@](=O)CC(=O)NCc2cccs2)no1. The van der Waals surface area contributed by atoms with E-state index in [0.29, 0.717) is 18.0 Å². The molecular formula is C12H14N2O3S2. The predicted molar refractivity (Wildman–Crippen MR) is 74.1 cm³/mol. The van der Waals surface area contributed by atoms with Crippen molar-refractivity contribution in [3.8, 4) is 0 Å². The molecule has 0 aliphatic carbocycles. The zero-order valence-electron chi connectivity index (χ0n) is 10.4. The molecular weight excluding hydrogens is 284 g/mol. The third-order valence-corrected chi connectivity index (χ3v) is 4.40. The molecule has 0 saturated carbocycles. The monoisotopic (exact) mass is 298 g/mol. The zero-order valence-corrected chi connectivity index (χ0v) is 12.1. The van der Waals surface area contributed by atoms with E-state index in [2.05, 4.69) is 10.5 Å². The number of rotatable bonds is 6. The average Bonchev–Trinajstić information content (AvgIpc) is 2.98. The van der Waals surface area contributed by atoms with Gasteiger partial charge in [-0.15, -0.1) is 11.3 Å². The van der Waals surface area contributed by atoms with Crippen molar-refractivity contribution < 1.29 is 13.5 Å². The topological polar surface area (TPSA) is 72.2 Å². The number of hydrogen-bond donors (Lipinski definition) is 1. The molecule has 0 unspecified atom stereocenters. The van der Waals surface area contributed by atoms with Crippen LogP contribution in [0.3, 0.4) is 0 Å². The van der Waals surface area contributed by atoms with Gasteiger partial charge in [-0.25, -0.2) is 0 Å². The Labute approximate surface area is 117 Å². The summed E-state index contributed by atoms with van der Waals surface area (Å²) in [6.07, 6.45) is 0. The second-order valence-corrected chi connectivity index (χ2v) is 6.50. The molecule has 2 rings (SSSR count). The van der Waals surface area contributed by atoms with E-state index in [-0.39, 0.29) is 17.4 Å². The average molecular weight is 298 g/mol. The van der Waals surface area contributed by atoms with Gasteiger partial charge in [-0.05, 0) is 18.4 Å². The van der Waals surface area contributed by atoms with Crippen LogP contribution in [0.25, 0.3) is 0 Å². The molecule has 1 amide bonds. The first-order valence-electron chi connectivity index (χ1n) is 5.70. The van der Waals surface area contributed by atoms with Crippen LogP contribution in [0.5, 0.6) is 0 Å². The molecule has 0 saturated heterocycles. The van der Waals surface area contributed by atoms with Gasteiger partial charge in [0.15, 0.2) is 0 Å². The summed E-state index contributed by atoms with van der Waals surface area (Å²) in [7, 11) is -1.27. The smallest absolute Gasteiger partial charge is 0.232 e. The van der Waals surface area contributed by atoms with Crippen molar-refractivity contribution in [2.24, 2.45) is 0 Å². The van der Waals surface area contributed by atoms with Crippen LogP contribution in [0.4, 0.5) is 0 Å². The Balaban J connectivity index is 1.74. The predicted octanol–water partition coefficient (Wildman–Crippen LogP) is 1.61. The molecule has 19 heavy (non-hydrogen) atoms. The fraction of sp³-hybridized carbons (Fsp3) is 0.333. The lowest BCUT2D eigenvalue weighted by Gasteiger charge is -2.02. The Morgan fingerprint density at radius 3 is 3.05 bits per heavy atom. The minimum Gasteiger partial charge on any atom is -0.361 e. The number of aryl methyl sites for hydroxylation is 1. The minimum absolute atomic E-state index is 0.0166. The Hall–Kier alpha value is -1.47. The highest BCUT2D eigenvalue weighted by Crippen LogP contribution is 2.07. The fourth-order valence-electron chi connectivity index (χ4n) is 1.50. The maximum absolute atomic E-state index is 11.8. The molecule has 7 heteroatoms. The summed E-state index contributed by atoms with van der Waals surface area (Å²) in [5.41, 5.74) is 0.613. The summed E-state index contributed by atoms with van der Waals surface area (Å²) in [5, 5.41) is 8.44. The normalized spacial score (nSPS) is 12.3. The van der Waals surface area contributed by atoms with Gasteiger partial charge in [-0.3, -0.25) is 9.00 Å². The van der Waals surface area contributed by atoms with Crippen molar-refractivity contribution in [3.05, 3.63) is 39.9 Å². The second-order valence-electron chi connectivity index (χ2n) is 4.01. The van der Waals surface area contributed by atoms with Crippen LogP contribution in [0.2, 0.25) is 0 Å². The van der Waals surface area contributed by atoms with Crippen LogP contribution in [0.15, 0.2) is 28.1 Å². The third kappa shape index (κ3) is 4.60. The molecule has 2 aromatic heterocycles. The van der Waals surface area contributed by atoms with Crippen molar-refractivity contribution in [1.29, 1.82) is 0 Å². The molecule has 1 N–H and O–H groups in total. The van der Waals surface area contributed by atoms with E-state index in [1.165, 1.54) is 0 Å². The quantitative estimate of drug-likeness (QED) is 0.879. The number of carbonyl (C=O) groups excluding carboxylic acids is 1. The molecule has 0 spiro atoms. The zero-order chi connectivity index (χ0) is 13.7. The largest absolute Gasteiger partial charge is 0.361 e. The van der Waals surface area contributed by atoms with Crippen LogP contribution < -0.4 is 5.32 Å². The van der Waals surface area contributed by atoms with Crippen LogP contribution in [0.1, 0.15) is 16.3 Å². The minimum atomic E-state index is -1.27. The number of carbonyl (C=O) groups is 1. The first-order valence-corrected chi connectivity index (χ1v) is 8.06. The van der Waals surface area contributed by atoms with E-state index in [1.807, 2.05) is 17.5 Å². The van der Waals surface area contributed by atoms with E-state index in [0.717, 1.165) is 4.88 Å². The number of aromatic nitrogens is 1. The first kappa shape index (κ1) is 14.0. The molecule has 2 heterocycles. The summed E-state index contributed by atoms with van der Waals surface area (Å²) in [6.45, 7) is 2.25. The highest BCUT2D eigenvalue weighted by Gasteiger charge is 2.11. The van der Waals surface area contributed by atoms with Crippen molar-refractivity contribution >= 4 is 28.0 Å². The van der Waals surface area contributed by atoms with Gasteiger partial charge in [0.05, 0.1) is 18.0 Å². The first-order chi connectivity index (χ1) is 9.13. The molecule has 1 atom stereocenters. The van der Waals surface area contributed by atoms with Crippen LogP contribution in [0, 0.1) is 6.92 Å². The van der Waals surface area contributed by atoms with Gasteiger partial charge in [-0.2, -0.15) is 0 Å². The van der Waals surface area contributed by atoms with Gasteiger partial charge in [0.25, 0.3) is 0 Å². The molecule has 0 radical (unpaired) electrons. The summed E-state index contributed by atoms with van der Waals surface area (Å²) < 4.78 is 16.6. The summed E-state index contributed by atoms with van der Waals surface area (Å²) in [6, 6.07) is 5.60. The van der Waals surface area contributed by atoms with E-state index in [4.69, 9.17) is 4.52 Å². The van der Waals surface area contributed by atoms with Gasteiger partial charge < -0.3 is 9.84 Å². The Morgan fingerprint density at radius 1 is 1.58 bits per heavy atom. The third-order valence-electron chi connectivity index (χ3n) is 2.32. The van der Waals surface area contributed by atoms with E-state index in [9.17, 15) is 9.00 Å². The van der Waals surface area contributed by atoms with Crippen molar-refractivity contribution in [1.82, 2.24) is 10.5 Å². The maximum Gasteiger partial charge on any atom is 0.232 e. The van der Waals surface area contributed by atoms with Crippen molar-refractivity contribution in [3.63, 3.8) is 0 Å².